The van der Waals surface area contributed by atoms with E-state index >= 15 is 0 Å². The fourth-order valence-corrected chi connectivity index (χ4v) is 4.92. The Morgan fingerprint density at radius 2 is 1.94 bits per heavy atom. The first kappa shape index (κ1) is 21.4. The summed E-state index contributed by atoms with van der Waals surface area (Å²) >= 11 is 7.62. The van der Waals surface area contributed by atoms with Crippen molar-refractivity contribution in [1.82, 2.24) is 19.7 Å². The van der Waals surface area contributed by atoms with Crippen molar-refractivity contribution < 1.29 is 9.53 Å². The van der Waals surface area contributed by atoms with E-state index in [2.05, 4.69) is 15.1 Å². The van der Waals surface area contributed by atoms with Crippen LogP contribution in [0, 0.1) is 6.92 Å². The van der Waals surface area contributed by atoms with Crippen molar-refractivity contribution in [2.45, 2.75) is 26.5 Å². The van der Waals surface area contributed by atoms with E-state index in [-0.39, 0.29) is 5.56 Å². The second kappa shape index (κ2) is 8.46. The van der Waals surface area contributed by atoms with Gasteiger partial charge in [-0.2, -0.15) is 5.10 Å². The minimum Gasteiger partial charge on any atom is -0.450 e. The van der Waals surface area contributed by atoms with Gasteiger partial charge >= 0.3 is 5.97 Å². The zero-order chi connectivity index (χ0) is 23.1. The molecule has 3 aromatic heterocycles. The minimum atomic E-state index is -0.722. The Hall–Kier alpha value is -3.49. The highest BCUT2D eigenvalue weighted by Gasteiger charge is 2.21. The molecule has 166 valence electrons. The molecule has 0 radical (unpaired) electrons. The average Bonchev–Trinajstić information content (AvgIpc) is 3.36. The summed E-state index contributed by atoms with van der Waals surface area (Å²) in [4.78, 5) is 33.7. The van der Waals surface area contributed by atoms with Gasteiger partial charge in [0.05, 0.1) is 23.1 Å². The van der Waals surface area contributed by atoms with E-state index in [4.69, 9.17) is 16.3 Å². The third kappa shape index (κ3) is 4.03. The number of carbonyl (C=O) groups excluding carboxylic acids is 1. The molecule has 0 saturated heterocycles. The summed E-state index contributed by atoms with van der Waals surface area (Å²) in [5, 5.41) is 6.65. The van der Waals surface area contributed by atoms with Crippen LogP contribution in [0.15, 0.2) is 59.4 Å². The molecule has 1 N–H and O–H groups in total. The first-order valence-corrected chi connectivity index (χ1v) is 11.5. The van der Waals surface area contributed by atoms with Gasteiger partial charge in [0.2, 0.25) is 0 Å². The second-order valence-electron chi connectivity index (χ2n) is 7.68. The predicted molar refractivity (Wildman–Crippen MR) is 129 cm³/mol. The first-order valence-electron chi connectivity index (χ1n) is 10.3. The van der Waals surface area contributed by atoms with Crippen LogP contribution in [0.5, 0.6) is 0 Å². The first-order chi connectivity index (χ1) is 15.9. The summed E-state index contributed by atoms with van der Waals surface area (Å²) in [6.07, 6.45) is -0.722. The van der Waals surface area contributed by atoms with E-state index in [1.807, 2.05) is 35.9 Å². The molecule has 0 fully saturated rings. The molecule has 0 unspecified atom stereocenters. The van der Waals surface area contributed by atoms with Gasteiger partial charge in [-0.1, -0.05) is 41.9 Å². The lowest BCUT2D eigenvalue weighted by molar-refractivity contribution is 0.0326. The molecule has 2 aromatic carbocycles. The van der Waals surface area contributed by atoms with Crippen LogP contribution >= 0.6 is 22.9 Å². The van der Waals surface area contributed by atoms with Crippen molar-refractivity contribution in [2.75, 3.05) is 0 Å². The third-order valence-electron chi connectivity index (χ3n) is 5.39. The Kier molecular flexibility index (Phi) is 5.47. The Labute approximate surface area is 197 Å². The Bertz CT molecular complexity index is 1570. The molecule has 5 rings (SSSR count). The summed E-state index contributed by atoms with van der Waals surface area (Å²) in [5.41, 5.74) is 2.05. The molecule has 5 aromatic rings. The molecule has 0 aliphatic heterocycles. The molecule has 0 bridgehead atoms. The fraction of sp³-hybridized carbons (Fsp3) is 0.167. The number of hydrogen-bond donors (Lipinski definition) is 1. The van der Waals surface area contributed by atoms with E-state index in [1.165, 1.54) is 11.3 Å². The van der Waals surface area contributed by atoms with E-state index in [1.54, 1.807) is 37.3 Å². The Morgan fingerprint density at radius 1 is 1.18 bits per heavy atom. The number of benzene rings is 2. The maximum atomic E-state index is 12.9. The molecule has 0 spiro atoms. The normalized spacial score (nSPS) is 12.3. The fourth-order valence-electron chi connectivity index (χ4n) is 3.68. The molecule has 0 aliphatic carbocycles. The number of aromatic amines is 1. The SMILES string of the molecule is Cc1nn(Cc2ccccc2Cl)c2sc(C(=O)O[C@@H](C)c3nc4ccccc4c(=O)[nH]3)cc12. The van der Waals surface area contributed by atoms with Crippen LogP contribution in [-0.4, -0.2) is 25.7 Å². The molecular formula is C24H19ClN4O3S. The molecule has 0 saturated carbocycles. The lowest BCUT2D eigenvalue weighted by atomic mass is 10.2. The predicted octanol–water partition coefficient (Wildman–Crippen LogP) is 5.26. The molecule has 3 heterocycles. The molecule has 7 nitrogen and oxygen atoms in total. The van der Waals surface area contributed by atoms with Crippen LogP contribution in [0.25, 0.3) is 21.1 Å². The Morgan fingerprint density at radius 3 is 2.76 bits per heavy atom. The Balaban J connectivity index is 1.41. The van der Waals surface area contributed by atoms with E-state index in [9.17, 15) is 9.59 Å². The third-order valence-corrected chi connectivity index (χ3v) is 6.88. The molecule has 9 heteroatoms. The number of carbonyl (C=O) groups is 1. The number of fused-ring (bicyclic) bond motifs is 2. The van der Waals surface area contributed by atoms with Crippen molar-refractivity contribution in [1.29, 1.82) is 0 Å². The largest absolute Gasteiger partial charge is 0.450 e. The number of nitrogens with zero attached hydrogens (tertiary/aromatic N) is 3. The number of aromatic nitrogens is 4. The molecule has 1 atom stereocenters. The monoisotopic (exact) mass is 478 g/mol. The standard InChI is InChI=1S/C24H19ClN4O3S/c1-13-17-11-20(33-23(17)29(28-13)12-15-7-3-5-9-18(15)25)24(31)32-14(2)21-26-19-10-6-4-8-16(19)22(30)27-21/h3-11,14H,12H2,1-2H3,(H,26,27,30)/t14-/m0/s1. The highest BCUT2D eigenvalue weighted by atomic mass is 35.5. The lowest BCUT2D eigenvalue weighted by Gasteiger charge is -2.12. The van der Waals surface area contributed by atoms with Crippen molar-refractivity contribution in [2.24, 2.45) is 0 Å². The van der Waals surface area contributed by atoms with E-state index in [0.29, 0.717) is 33.2 Å². The van der Waals surface area contributed by atoms with Gasteiger partial charge in [0, 0.05) is 10.4 Å². The highest BCUT2D eigenvalue weighted by Crippen LogP contribution is 2.31. The van der Waals surface area contributed by atoms with Gasteiger partial charge in [0.15, 0.2) is 11.9 Å². The molecule has 0 amide bonds. The summed E-state index contributed by atoms with van der Waals surface area (Å²) in [5.74, 6) is -0.183. The van der Waals surface area contributed by atoms with Crippen LogP contribution < -0.4 is 5.56 Å². The molecule has 33 heavy (non-hydrogen) atoms. The minimum absolute atomic E-state index is 0.268. The summed E-state index contributed by atoms with van der Waals surface area (Å²) < 4.78 is 7.48. The van der Waals surface area contributed by atoms with Crippen LogP contribution in [0.3, 0.4) is 0 Å². The lowest BCUT2D eigenvalue weighted by Crippen LogP contribution is -2.17. The van der Waals surface area contributed by atoms with Crippen LogP contribution in [0.1, 0.15) is 39.8 Å². The topological polar surface area (TPSA) is 89.9 Å². The number of thiophene rings is 1. The number of ether oxygens (including phenoxy) is 1. The second-order valence-corrected chi connectivity index (χ2v) is 9.12. The van der Waals surface area contributed by atoms with Gasteiger partial charge in [0.25, 0.3) is 5.56 Å². The summed E-state index contributed by atoms with van der Waals surface area (Å²) in [7, 11) is 0. The van der Waals surface area contributed by atoms with Crippen molar-refractivity contribution in [3.8, 4) is 0 Å². The zero-order valence-electron chi connectivity index (χ0n) is 17.8. The number of nitrogens with one attached hydrogen (secondary N) is 1. The number of H-pyrrole nitrogens is 1. The number of esters is 1. The number of para-hydroxylation sites is 1. The van der Waals surface area contributed by atoms with Gasteiger partial charge in [-0.15, -0.1) is 11.3 Å². The summed E-state index contributed by atoms with van der Waals surface area (Å²) in [6, 6.07) is 16.4. The average molecular weight is 479 g/mol. The zero-order valence-corrected chi connectivity index (χ0v) is 19.4. The number of hydrogen-bond acceptors (Lipinski definition) is 6. The van der Waals surface area contributed by atoms with Gasteiger partial charge in [-0.25, -0.2) is 9.78 Å². The van der Waals surface area contributed by atoms with Crippen LogP contribution in [0.4, 0.5) is 0 Å². The van der Waals surface area contributed by atoms with Crippen molar-refractivity contribution in [3.63, 3.8) is 0 Å². The highest BCUT2D eigenvalue weighted by molar-refractivity contribution is 7.20. The quantitative estimate of drug-likeness (QED) is 0.348. The maximum absolute atomic E-state index is 12.9. The van der Waals surface area contributed by atoms with Gasteiger partial charge in [-0.05, 0) is 43.7 Å². The van der Waals surface area contributed by atoms with Gasteiger partial charge in [-0.3, -0.25) is 9.48 Å². The van der Waals surface area contributed by atoms with Crippen molar-refractivity contribution >= 4 is 50.0 Å². The number of aryl methyl sites for hydroxylation is 1. The molecule has 0 aliphatic rings. The van der Waals surface area contributed by atoms with E-state index < -0.39 is 12.1 Å². The smallest absolute Gasteiger partial charge is 0.349 e. The van der Waals surface area contributed by atoms with E-state index in [0.717, 1.165) is 21.5 Å². The summed E-state index contributed by atoms with van der Waals surface area (Å²) in [6.45, 7) is 4.08. The maximum Gasteiger partial charge on any atom is 0.349 e. The number of rotatable bonds is 5. The van der Waals surface area contributed by atoms with Gasteiger partial charge in [0.1, 0.15) is 9.71 Å². The van der Waals surface area contributed by atoms with Gasteiger partial charge < -0.3 is 9.72 Å². The van der Waals surface area contributed by atoms with Crippen molar-refractivity contribution in [3.05, 3.63) is 91.9 Å². The molecular weight excluding hydrogens is 460 g/mol. The number of halogens is 1. The van der Waals surface area contributed by atoms with Crippen LogP contribution in [-0.2, 0) is 11.3 Å². The van der Waals surface area contributed by atoms with Crippen LogP contribution in [0.2, 0.25) is 5.02 Å².